The predicted molar refractivity (Wildman–Crippen MR) is 109 cm³/mol. The van der Waals surface area contributed by atoms with Crippen LogP contribution in [0.2, 0.25) is 0 Å². The van der Waals surface area contributed by atoms with Gasteiger partial charge >= 0.3 is 6.18 Å². The highest BCUT2D eigenvalue weighted by molar-refractivity contribution is 7.08. The molecule has 0 unspecified atom stereocenters. The number of carbonyl (C=O) groups excluding carboxylic acids is 2. The van der Waals surface area contributed by atoms with E-state index in [0.29, 0.717) is 23.3 Å². The van der Waals surface area contributed by atoms with Crippen LogP contribution in [0.15, 0.2) is 63.6 Å². The number of thiophene rings is 1. The van der Waals surface area contributed by atoms with Crippen LogP contribution in [0.3, 0.4) is 0 Å². The average molecular weight is 432 g/mol. The fourth-order valence-electron chi connectivity index (χ4n) is 4.03. The van der Waals surface area contributed by atoms with Gasteiger partial charge in [-0.2, -0.15) is 24.5 Å². The molecular weight excluding hydrogens is 413 g/mol. The van der Waals surface area contributed by atoms with Crippen LogP contribution in [0.4, 0.5) is 18.9 Å². The molecule has 1 atom stereocenters. The second kappa shape index (κ2) is 7.75. The van der Waals surface area contributed by atoms with Crippen molar-refractivity contribution in [1.29, 1.82) is 0 Å². The van der Waals surface area contributed by atoms with Crippen LogP contribution < -0.4 is 10.6 Å². The molecule has 4 rings (SSSR count). The van der Waals surface area contributed by atoms with Crippen molar-refractivity contribution in [2.24, 2.45) is 0 Å². The van der Waals surface area contributed by atoms with Gasteiger partial charge in [0, 0.05) is 40.6 Å². The molecule has 1 aliphatic heterocycles. The average Bonchev–Trinajstić information content (AvgIpc) is 3.21. The number of carbonyl (C=O) groups is 2. The summed E-state index contributed by atoms with van der Waals surface area (Å²) in [5, 5.41) is 9.56. The first-order valence-corrected chi connectivity index (χ1v) is 10.4. The van der Waals surface area contributed by atoms with Crippen molar-refractivity contribution in [2.75, 3.05) is 5.32 Å². The summed E-state index contributed by atoms with van der Waals surface area (Å²) in [5.41, 5.74) is 2.40. The molecule has 0 radical (unpaired) electrons. The zero-order chi connectivity index (χ0) is 21.5. The molecule has 2 aliphatic rings. The molecule has 0 saturated heterocycles. The van der Waals surface area contributed by atoms with E-state index in [9.17, 15) is 22.8 Å². The molecule has 1 aromatic carbocycles. The number of dihydropyridines is 1. The third kappa shape index (κ3) is 3.79. The van der Waals surface area contributed by atoms with Crippen LogP contribution in [0.5, 0.6) is 0 Å². The number of nitrogens with one attached hydrogen (secondary N) is 2. The molecule has 2 aromatic rings. The van der Waals surface area contributed by atoms with Crippen LogP contribution in [0.25, 0.3) is 0 Å². The van der Waals surface area contributed by atoms with E-state index in [-0.39, 0.29) is 11.5 Å². The third-order valence-electron chi connectivity index (χ3n) is 5.34. The minimum Gasteiger partial charge on any atom is -0.362 e. The first-order valence-electron chi connectivity index (χ1n) is 9.50. The fourth-order valence-corrected chi connectivity index (χ4v) is 4.71. The molecule has 4 nitrogen and oxygen atoms in total. The van der Waals surface area contributed by atoms with Crippen molar-refractivity contribution in [3.8, 4) is 0 Å². The number of alkyl halides is 3. The van der Waals surface area contributed by atoms with Crippen molar-refractivity contribution in [1.82, 2.24) is 5.32 Å². The lowest BCUT2D eigenvalue weighted by atomic mass is 9.75. The molecule has 0 bridgehead atoms. The number of rotatable bonds is 3. The minimum absolute atomic E-state index is 0.00295. The number of benzene rings is 1. The van der Waals surface area contributed by atoms with E-state index in [0.717, 1.165) is 36.2 Å². The Hall–Kier alpha value is -2.87. The van der Waals surface area contributed by atoms with Gasteiger partial charge in [-0.15, -0.1) is 0 Å². The first kappa shape index (κ1) is 20.4. The van der Waals surface area contributed by atoms with Gasteiger partial charge in [0.2, 0.25) is 0 Å². The summed E-state index contributed by atoms with van der Waals surface area (Å²) in [7, 11) is 0. The van der Waals surface area contributed by atoms with Crippen molar-refractivity contribution in [2.45, 2.75) is 38.3 Å². The molecule has 1 amide bonds. The van der Waals surface area contributed by atoms with Crippen LogP contribution in [-0.2, 0) is 15.8 Å². The second-order valence-corrected chi connectivity index (χ2v) is 8.14. The SMILES string of the molecule is CC1=C(C(=O)Nc2cccc(C(F)(F)F)c2)[C@@H](c2ccsc2)C2=C(CCCC2=O)N1. The molecule has 2 N–H and O–H groups in total. The number of anilines is 1. The fraction of sp³-hybridized carbons (Fsp3) is 0.273. The highest BCUT2D eigenvalue weighted by Crippen LogP contribution is 2.43. The van der Waals surface area contributed by atoms with E-state index in [2.05, 4.69) is 10.6 Å². The lowest BCUT2D eigenvalue weighted by molar-refractivity contribution is -0.137. The Balaban J connectivity index is 1.71. The maximum atomic E-state index is 13.2. The smallest absolute Gasteiger partial charge is 0.362 e. The lowest BCUT2D eigenvalue weighted by Gasteiger charge is -2.34. The van der Waals surface area contributed by atoms with Gasteiger partial charge in [0.25, 0.3) is 5.91 Å². The van der Waals surface area contributed by atoms with Gasteiger partial charge in [0.1, 0.15) is 0 Å². The van der Waals surface area contributed by atoms with Crippen molar-refractivity contribution < 1.29 is 22.8 Å². The summed E-state index contributed by atoms with van der Waals surface area (Å²) in [6.07, 6.45) is -2.61. The molecular formula is C22H19F3N2O2S. The quantitative estimate of drug-likeness (QED) is 0.685. The molecule has 1 aliphatic carbocycles. The van der Waals surface area contributed by atoms with Crippen LogP contribution in [-0.4, -0.2) is 11.7 Å². The van der Waals surface area contributed by atoms with E-state index >= 15 is 0 Å². The van der Waals surface area contributed by atoms with E-state index in [1.54, 1.807) is 6.92 Å². The lowest BCUT2D eigenvalue weighted by Crippen LogP contribution is -2.35. The molecule has 1 aromatic heterocycles. The number of hydrogen-bond donors (Lipinski definition) is 2. The highest BCUT2D eigenvalue weighted by Gasteiger charge is 2.38. The van der Waals surface area contributed by atoms with Gasteiger partial charge in [-0.3, -0.25) is 9.59 Å². The third-order valence-corrected chi connectivity index (χ3v) is 6.05. The van der Waals surface area contributed by atoms with Crippen LogP contribution in [0.1, 0.15) is 43.2 Å². The van der Waals surface area contributed by atoms with Gasteiger partial charge in [-0.05, 0) is 60.4 Å². The Morgan fingerprint density at radius 3 is 2.73 bits per heavy atom. The predicted octanol–water partition coefficient (Wildman–Crippen LogP) is 5.37. The standard InChI is InChI=1S/C22H19F3N2O2S/c1-12-18(21(29)27-15-5-2-4-14(10-15)22(23,24)25)19(13-8-9-30-11-13)20-16(26-12)6-3-7-17(20)28/h2,4-5,8-11,19,26H,3,6-7H2,1H3,(H,27,29)/t19-/m1/s1. The topological polar surface area (TPSA) is 58.2 Å². The molecule has 2 heterocycles. The maximum Gasteiger partial charge on any atom is 0.416 e. The number of amides is 1. The number of Topliss-reactive ketones (excluding diaryl/α,β-unsaturated/α-hetero) is 1. The van der Waals surface area contributed by atoms with E-state index < -0.39 is 23.6 Å². The molecule has 0 fully saturated rings. The first-order chi connectivity index (χ1) is 14.3. The zero-order valence-electron chi connectivity index (χ0n) is 16.1. The molecule has 8 heteroatoms. The Kier molecular flexibility index (Phi) is 5.27. The van der Waals surface area contributed by atoms with Crippen molar-refractivity contribution in [3.63, 3.8) is 0 Å². The molecule has 30 heavy (non-hydrogen) atoms. The Bertz CT molecular complexity index is 1070. The van der Waals surface area contributed by atoms with Gasteiger partial charge in [-0.25, -0.2) is 0 Å². The summed E-state index contributed by atoms with van der Waals surface area (Å²) >= 11 is 1.46. The van der Waals surface area contributed by atoms with E-state index in [1.165, 1.54) is 23.5 Å². The Morgan fingerprint density at radius 1 is 1.23 bits per heavy atom. The monoisotopic (exact) mass is 432 g/mol. The summed E-state index contributed by atoms with van der Waals surface area (Å²) < 4.78 is 39.1. The summed E-state index contributed by atoms with van der Waals surface area (Å²) in [5.74, 6) is -1.07. The molecule has 0 saturated carbocycles. The van der Waals surface area contributed by atoms with Gasteiger partial charge < -0.3 is 10.6 Å². The van der Waals surface area contributed by atoms with Crippen molar-refractivity contribution in [3.05, 3.63) is 74.8 Å². The van der Waals surface area contributed by atoms with E-state index in [4.69, 9.17) is 0 Å². The van der Waals surface area contributed by atoms with Gasteiger partial charge in [-0.1, -0.05) is 6.07 Å². The van der Waals surface area contributed by atoms with Gasteiger partial charge in [0.15, 0.2) is 5.78 Å². The summed E-state index contributed by atoms with van der Waals surface area (Å²) in [4.78, 5) is 26.0. The van der Waals surface area contributed by atoms with Gasteiger partial charge in [0.05, 0.1) is 5.56 Å². The molecule has 0 spiro atoms. The van der Waals surface area contributed by atoms with E-state index in [1.807, 2.05) is 16.8 Å². The largest absolute Gasteiger partial charge is 0.416 e. The Morgan fingerprint density at radius 2 is 2.03 bits per heavy atom. The Labute approximate surface area is 175 Å². The summed E-state index contributed by atoms with van der Waals surface area (Å²) in [6, 6.07) is 6.39. The minimum atomic E-state index is -4.50. The number of hydrogen-bond acceptors (Lipinski definition) is 4. The maximum absolute atomic E-state index is 13.2. The van der Waals surface area contributed by atoms with Crippen LogP contribution in [0, 0.1) is 0 Å². The normalized spacial score (nSPS) is 19.5. The second-order valence-electron chi connectivity index (χ2n) is 7.36. The molecule has 156 valence electrons. The number of allylic oxidation sites excluding steroid dienone is 3. The summed E-state index contributed by atoms with van der Waals surface area (Å²) in [6.45, 7) is 1.75. The number of ketones is 1. The highest BCUT2D eigenvalue weighted by atomic mass is 32.1. The van der Waals surface area contributed by atoms with Crippen molar-refractivity contribution >= 4 is 28.7 Å². The zero-order valence-corrected chi connectivity index (χ0v) is 16.9. The number of halogens is 3. The van der Waals surface area contributed by atoms with Crippen LogP contribution >= 0.6 is 11.3 Å².